The highest BCUT2D eigenvalue weighted by molar-refractivity contribution is 7.51. The largest absolute Gasteiger partial charge is 0.398 e. The summed E-state index contributed by atoms with van der Waals surface area (Å²) in [6.07, 6.45) is 7.51. The van der Waals surface area contributed by atoms with Crippen LogP contribution in [0.3, 0.4) is 0 Å². The van der Waals surface area contributed by atoms with Gasteiger partial charge in [-0.2, -0.15) is 9.13 Å². The molecule has 6 heteroatoms. The zero-order valence-corrected chi connectivity index (χ0v) is 18.4. The lowest BCUT2D eigenvalue weighted by Gasteiger charge is -2.14. The summed E-state index contributed by atoms with van der Waals surface area (Å²) in [5.74, 6) is -1.05. The fourth-order valence-corrected chi connectivity index (χ4v) is 5.00. The molecule has 1 atom stereocenters. The Bertz CT molecular complexity index is 1210. The van der Waals surface area contributed by atoms with Crippen molar-refractivity contribution in [2.24, 2.45) is 0 Å². The van der Waals surface area contributed by atoms with Gasteiger partial charge in [-0.15, -0.1) is 0 Å². The predicted molar refractivity (Wildman–Crippen MR) is 120 cm³/mol. The lowest BCUT2D eigenvalue weighted by atomic mass is 10.1. The number of hydrogen-bond acceptors (Lipinski definition) is 1. The average Bonchev–Trinajstić information content (AvgIpc) is 2.75. The van der Waals surface area contributed by atoms with Gasteiger partial charge in [0.25, 0.3) is 5.78 Å². The van der Waals surface area contributed by atoms with E-state index in [-0.39, 0.29) is 0 Å². The molecular weight excluding hydrogens is 407 g/mol. The van der Waals surface area contributed by atoms with Gasteiger partial charge in [-0.05, 0) is 25.0 Å². The number of para-hydroxylation sites is 1. The second-order valence-corrected chi connectivity index (χ2v) is 9.31. The second kappa shape index (κ2) is 8.56. The van der Waals surface area contributed by atoms with Gasteiger partial charge < -0.3 is 9.79 Å². The number of hydrogen-bond donors (Lipinski definition) is 2. The van der Waals surface area contributed by atoms with Crippen molar-refractivity contribution < 1.29 is 23.5 Å². The van der Waals surface area contributed by atoms with Crippen LogP contribution in [-0.4, -0.2) is 9.79 Å². The van der Waals surface area contributed by atoms with Crippen molar-refractivity contribution in [2.45, 2.75) is 19.6 Å². The summed E-state index contributed by atoms with van der Waals surface area (Å²) in [4.78, 5) is 19.9. The zero-order valence-electron chi connectivity index (χ0n) is 17.5. The Morgan fingerprint density at radius 3 is 1.74 bits per heavy atom. The van der Waals surface area contributed by atoms with E-state index in [4.69, 9.17) is 0 Å². The molecule has 0 spiro atoms. The molecule has 2 N–H and O–H groups in total. The normalized spacial score (nSPS) is 12.5. The van der Waals surface area contributed by atoms with Crippen molar-refractivity contribution in [1.29, 1.82) is 0 Å². The van der Waals surface area contributed by atoms with Crippen LogP contribution in [0.4, 0.5) is 0 Å². The standard InChI is InChI=1S/C25H23N2O3P/c1-19-7-6-8-20(2)24(19)26-15-11-21(12-16-26)22-13-17-27(18-14-22)25(31(28,29)30)23-9-4-3-5-10-23/h3-18,25H,1-2H3/p+2. The highest BCUT2D eigenvalue weighted by Gasteiger charge is 2.38. The van der Waals surface area contributed by atoms with E-state index >= 15 is 0 Å². The van der Waals surface area contributed by atoms with Crippen LogP contribution in [0.1, 0.15) is 22.5 Å². The molecular formula is C25H25N2O3P+2. The summed E-state index contributed by atoms with van der Waals surface area (Å²) in [6.45, 7) is 4.20. The molecule has 0 aliphatic heterocycles. The Morgan fingerprint density at radius 2 is 1.23 bits per heavy atom. The van der Waals surface area contributed by atoms with Crippen molar-refractivity contribution in [3.8, 4) is 16.8 Å². The molecule has 0 bridgehead atoms. The van der Waals surface area contributed by atoms with Crippen molar-refractivity contribution in [3.05, 3.63) is 114 Å². The summed E-state index contributed by atoms with van der Waals surface area (Å²) in [5.41, 5.74) is 6.17. The van der Waals surface area contributed by atoms with Gasteiger partial charge in [0.05, 0.1) is 0 Å². The first-order chi connectivity index (χ1) is 14.8. The molecule has 31 heavy (non-hydrogen) atoms. The Balaban J connectivity index is 1.64. The van der Waals surface area contributed by atoms with Crippen LogP contribution in [0.25, 0.3) is 16.8 Å². The third kappa shape index (κ3) is 4.49. The second-order valence-electron chi connectivity index (χ2n) is 7.64. The number of nitrogens with zero attached hydrogens (tertiary/aromatic N) is 2. The fourth-order valence-electron chi connectivity index (χ4n) is 3.94. The molecule has 0 amide bonds. The molecule has 156 valence electrons. The molecule has 1 unspecified atom stereocenters. The lowest BCUT2D eigenvalue weighted by molar-refractivity contribution is -0.695. The van der Waals surface area contributed by atoms with Gasteiger partial charge in [0.15, 0.2) is 24.8 Å². The minimum atomic E-state index is -4.40. The quantitative estimate of drug-likeness (QED) is 0.366. The first-order valence-electron chi connectivity index (χ1n) is 10.0. The minimum Gasteiger partial charge on any atom is -0.320 e. The van der Waals surface area contributed by atoms with Crippen LogP contribution in [0, 0.1) is 13.8 Å². The smallest absolute Gasteiger partial charge is 0.320 e. The van der Waals surface area contributed by atoms with Gasteiger partial charge in [0, 0.05) is 41.0 Å². The van der Waals surface area contributed by atoms with E-state index in [1.807, 2.05) is 42.7 Å². The molecule has 4 aromatic rings. The molecule has 4 rings (SSSR count). The zero-order chi connectivity index (χ0) is 22.0. The lowest BCUT2D eigenvalue weighted by Crippen LogP contribution is -2.39. The van der Waals surface area contributed by atoms with Crippen LogP contribution in [0.5, 0.6) is 0 Å². The molecule has 0 saturated heterocycles. The summed E-state index contributed by atoms with van der Waals surface area (Å²) >= 11 is 0. The number of aromatic nitrogens is 2. The van der Waals surface area contributed by atoms with E-state index in [1.165, 1.54) is 16.8 Å². The van der Waals surface area contributed by atoms with E-state index in [1.54, 1.807) is 41.2 Å². The van der Waals surface area contributed by atoms with Crippen molar-refractivity contribution in [3.63, 3.8) is 0 Å². The number of aryl methyl sites for hydroxylation is 2. The Morgan fingerprint density at radius 1 is 0.710 bits per heavy atom. The third-order valence-electron chi connectivity index (χ3n) is 5.41. The molecule has 0 fully saturated rings. The maximum atomic E-state index is 12.2. The minimum absolute atomic E-state index is 0.572. The molecule has 2 heterocycles. The molecule has 0 aliphatic rings. The summed E-state index contributed by atoms with van der Waals surface area (Å²) < 4.78 is 15.9. The Kier molecular flexibility index (Phi) is 5.84. The average molecular weight is 432 g/mol. The van der Waals surface area contributed by atoms with Crippen LogP contribution >= 0.6 is 7.60 Å². The molecule has 2 aromatic heterocycles. The van der Waals surface area contributed by atoms with Gasteiger partial charge in [-0.1, -0.05) is 48.5 Å². The predicted octanol–water partition coefficient (Wildman–Crippen LogP) is 4.26. The highest BCUT2D eigenvalue weighted by Crippen LogP contribution is 2.49. The molecule has 0 saturated carbocycles. The summed E-state index contributed by atoms with van der Waals surface area (Å²) in [5, 5.41) is 0. The monoisotopic (exact) mass is 432 g/mol. The van der Waals surface area contributed by atoms with Gasteiger partial charge in [-0.25, -0.2) is 0 Å². The topological polar surface area (TPSA) is 65.3 Å². The highest BCUT2D eigenvalue weighted by atomic mass is 31.2. The summed E-state index contributed by atoms with van der Waals surface area (Å²) in [6, 6.07) is 23.0. The molecule has 2 aromatic carbocycles. The first kappa shape index (κ1) is 21.1. The first-order valence-corrected chi connectivity index (χ1v) is 11.7. The van der Waals surface area contributed by atoms with Crippen LogP contribution in [0.15, 0.2) is 97.6 Å². The van der Waals surface area contributed by atoms with E-state index in [2.05, 4.69) is 36.6 Å². The Hall–Kier alpha value is -3.11. The third-order valence-corrected chi connectivity index (χ3v) is 6.61. The fraction of sp³-hybridized carbons (Fsp3) is 0.120. The van der Waals surface area contributed by atoms with Crippen molar-refractivity contribution in [1.82, 2.24) is 0 Å². The number of benzene rings is 2. The molecule has 0 radical (unpaired) electrons. The SMILES string of the molecule is Cc1cccc(C)c1-[n+]1ccc(-c2cc[n+](C(c3ccccc3)P(=O)(O)O)cc2)cc1. The van der Waals surface area contributed by atoms with E-state index in [0.717, 1.165) is 11.1 Å². The maximum Gasteiger partial charge on any atom is 0.398 e. The van der Waals surface area contributed by atoms with Gasteiger partial charge in [0.1, 0.15) is 0 Å². The van der Waals surface area contributed by atoms with Gasteiger partial charge >= 0.3 is 7.60 Å². The van der Waals surface area contributed by atoms with E-state index < -0.39 is 13.4 Å². The maximum absolute atomic E-state index is 12.2. The van der Waals surface area contributed by atoms with Gasteiger partial charge in [0.2, 0.25) is 5.69 Å². The van der Waals surface area contributed by atoms with Crippen LogP contribution in [-0.2, 0) is 4.57 Å². The Labute approximate surface area is 182 Å². The summed E-state index contributed by atoms with van der Waals surface area (Å²) in [7, 11) is -4.40. The van der Waals surface area contributed by atoms with E-state index in [9.17, 15) is 14.4 Å². The number of rotatable bonds is 5. The molecule has 5 nitrogen and oxygen atoms in total. The van der Waals surface area contributed by atoms with Crippen molar-refractivity contribution >= 4 is 7.60 Å². The van der Waals surface area contributed by atoms with E-state index in [0.29, 0.717) is 5.56 Å². The number of pyridine rings is 2. The molecule has 0 aliphatic carbocycles. The van der Waals surface area contributed by atoms with Crippen molar-refractivity contribution in [2.75, 3.05) is 0 Å². The van der Waals surface area contributed by atoms with Crippen LogP contribution < -0.4 is 9.13 Å². The van der Waals surface area contributed by atoms with Crippen LogP contribution in [0.2, 0.25) is 0 Å². The van der Waals surface area contributed by atoms with Gasteiger partial charge in [-0.3, -0.25) is 4.57 Å².